The molecule has 0 saturated heterocycles. The summed E-state index contributed by atoms with van der Waals surface area (Å²) in [4.78, 5) is 0. The Morgan fingerprint density at radius 1 is 1.40 bits per heavy atom. The van der Waals surface area contributed by atoms with Gasteiger partial charge in [-0.05, 0) is 6.07 Å². The van der Waals surface area contributed by atoms with Crippen LogP contribution in [0.1, 0.15) is 31.0 Å². The highest BCUT2D eigenvalue weighted by atomic mass is 16.5. The van der Waals surface area contributed by atoms with Crippen molar-refractivity contribution >= 4 is 0 Å². The molecule has 3 rings (SSSR count). The molecule has 1 aliphatic rings. The van der Waals surface area contributed by atoms with E-state index in [-0.39, 0.29) is 0 Å². The third-order valence-corrected chi connectivity index (χ3v) is 3.48. The second kappa shape index (κ2) is 5.63. The first-order chi connectivity index (χ1) is 9.72. The maximum absolute atomic E-state index is 5.70. The lowest BCUT2D eigenvalue weighted by Crippen LogP contribution is -2.22. The van der Waals surface area contributed by atoms with Crippen molar-refractivity contribution in [2.24, 2.45) is 0 Å². The molecule has 0 bridgehead atoms. The number of fused-ring (bicyclic) bond motifs is 1. The lowest BCUT2D eigenvalue weighted by molar-refractivity contribution is 0.314. The highest BCUT2D eigenvalue weighted by Gasteiger charge is 2.24. The van der Waals surface area contributed by atoms with Crippen molar-refractivity contribution in [2.45, 2.75) is 38.9 Å². The summed E-state index contributed by atoms with van der Waals surface area (Å²) in [5.74, 6) is 1.36. The van der Waals surface area contributed by atoms with E-state index in [0.29, 0.717) is 12.0 Å². The number of nitrogens with one attached hydrogen (secondary N) is 1. The van der Waals surface area contributed by atoms with Crippen LogP contribution >= 0.6 is 0 Å². The zero-order valence-corrected chi connectivity index (χ0v) is 11.9. The maximum Gasteiger partial charge on any atom is 0.122 e. The first-order valence-corrected chi connectivity index (χ1v) is 7.06. The molecule has 1 N–H and O–H groups in total. The molecule has 1 unspecified atom stereocenters. The zero-order chi connectivity index (χ0) is 13.9. The van der Waals surface area contributed by atoms with E-state index in [1.165, 1.54) is 5.56 Å². The fourth-order valence-corrected chi connectivity index (χ4v) is 2.42. The van der Waals surface area contributed by atoms with Crippen LogP contribution in [0.2, 0.25) is 0 Å². The van der Waals surface area contributed by atoms with Crippen molar-refractivity contribution < 1.29 is 4.74 Å². The van der Waals surface area contributed by atoms with Gasteiger partial charge < -0.3 is 10.1 Å². The van der Waals surface area contributed by atoms with Gasteiger partial charge in [0.25, 0.3) is 0 Å². The lowest BCUT2D eigenvalue weighted by atomic mass is 10.0. The number of para-hydroxylation sites is 1. The predicted molar refractivity (Wildman–Crippen MR) is 76.7 cm³/mol. The molecule has 1 aromatic carbocycles. The molecular weight excluding hydrogens is 252 g/mol. The summed E-state index contributed by atoms with van der Waals surface area (Å²) in [5, 5.41) is 11.7. The van der Waals surface area contributed by atoms with Gasteiger partial charge in [0.05, 0.1) is 18.8 Å². The van der Waals surface area contributed by atoms with Crippen LogP contribution in [0.25, 0.3) is 0 Å². The van der Waals surface area contributed by atoms with E-state index in [4.69, 9.17) is 4.74 Å². The minimum Gasteiger partial charge on any atom is -0.493 e. The smallest absolute Gasteiger partial charge is 0.122 e. The number of hydrogen-bond acceptors (Lipinski definition) is 4. The molecular formula is C15H20N4O. The third kappa shape index (κ3) is 2.82. The fraction of sp³-hybridized carbons (Fsp3) is 0.467. The van der Waals surface area contributed by atoms with Gasteiger partial charge in [0.2, 0.25) is 0 Å². The molecule has 0 fully saturated rings. The van der Waals surface area contributed by atoms with Crippen molar-refractivity contribution in [3.63, 3.8) is 0 Å². The van der Waals surface area contributed by atoms with E-state index in [1.807, 2.05) is 23.0 Å². The molecule has 0 spiro atoms. The molecule has 5 heteroatoms. The van der Waals surface area contributed by atoms with Crippen molar-refractivity contribution in [2.75, 3.05) is 6.61 Å². The van der Waals surface area contributed by atoms with Crippen LogP contribution in [0.4, 0.5) is 0 Å². The van der Waals surface area contributed by atoms with Crippen molar-refractivity contribution in [1.82, 2.24) is 20.3 Å². The molecule has 0 saturated carbocycles. The fourth-order valence-electron chi connectivity index (χ4n) is 2.42. The molecule has 0 radical (unpaired) electrons. The predicted octanol–water partition coefficient (Wildman–Crippen LogP) is 1.95. The topological polar surface area (TPSA) is 52.0 Å². The second-order valence-corrected chi connectivity index (χ2v) is 5.51. The first-order valence-electron chi connectivity index (χ1n) is 7.06. The second-order valence-electron chi connectivity index (χ2n) is 5.51. The van der Waals surface area contributed by atoms with E-state index in [0.717, 1.165) is 31.1 Å². The Labute approximate surface area is 118 Å². The zero-order valence-electron chi connectivity index (χ0n) is 11.9. The lowest BCUT2D eigenvalue weighted by Gasteiger charge is -2.08. The Morgan fingerprint density at radius 3 is 3.10 bits per heavy atom. The molecule has 106 valence electrons. The van der Waals surface area contributed by atoms with Crippen LogP contribution in [0.3, 0.4) is 0 Å². The van der Waals surface area contributed by atoms with Gasteiger partial charge in [0, 0.05) is 30.3 Å². The van der Waals surface area contributed by atoms with Crippen LogP contribution in [-0.4, -0.2) is 27.6 Å². The van der Waals surface area contributed by atoms with Gasteiger partial charge in [-0.15, -0.1) is 5.10 Å². The van der Waals surface area contributed by atoms with Gasteiger partial charge in [-0.1, -0.05) is 37.3 Å². The quantitative estimate of drug-likeness (QED) is 0.904. The number of aromatic nitrogens is 3. The van der Waals surface area contributed by atoms with E-state index < -0.39 is 0 Å². The Bertz CT molecular complexity index is 579. The number of benzene rings is 1. The molecule has 0 amide bonds. The van der Waals surface area contributed by atoms with Crippen molar-refractivity contribution in [3.8, 4) is 5.75 Å². The molecule has 5 nitrogen and oxygen atoms in total. The average molecular weight is 272 g/mol. The number of hydrogen-bond donors (Lipinski definition) is 1. The SMILES string of the molecule is CC(C)NCc1cn(CC2COc3ccccc32)nn1. The Balaban J connectivity index is 1.64. The highest BCUT2D eigenvalue weighted by Crippen LogP contribution is 2.34. The van der Waals surface area contributed by atoms with E-state index >= 15 is 0 Å². The van der Waals surface area contributed by atoms with Gasteiger partial charge in [-0.2, -0.15) is 0 Å². The Kier molecular flexibility index (Phi) is 3.69. The summed E-state index contributed by atoms with van der Waals surface area (Å²) < 4.78 is 7.61. The van der Waals surface area contributed by atoms with Gasteiger partial charge in [-0.25, -0.2) is 0 Å². The van der Waals surface area contributed by atoms with Crippen LogP contribution in [0.5, 0.6) is 5.75 Å². The molecule has 1 atom stereocenters. The summed E-state index contributed by atoms with van der Waals surface area (Å²) in [6.45, 7) is 6.54. The van der Waals surface area contributed by atoms with Crippen molar-refractivity contribution in [1.29, 1.82) is 0 Å². The van der Waals surface area contributed by atoms with Gasteiger partial charge in [0.15, 0.2) is 0 Å². The largest absolute Gasteiger partial charge is 0.493 e. The maximum atomic E-state index is 5.70. The summed E-state index contributed by atoms with van der Waals surface area (Å²) in [7, 11) is 0. The van der Waals surface area contributed by atoms with E-state index in [1.54, 1.807) is 0 Å². The summed E-state index contributed by atoms with van der Waals surface area (Å²) in [6.07, 6.45) is 2.01. The minimum atomic E-state index is 0.360. The van der Waals surface area contributed by atoms with E-state index in [9.17, 15) is 0 Å². The number of rotatable bonds is 5. The first kappa shape index (κ1) is 13.1. The summed E-state index contributed by atoms with van der Waals surface area (Å²) in [5.41, 5.74) is 2.25. The Hall–Kier alpha value is -1.88. The highest BCUT2D eigenvalue weighted by molar-refractivity contribution is 5.39. The Morgan fingerprint density at radius 2 is 2.25 bits per heavy atom. The normalized spacial score (nSPS) is 17.2. The molecule has 2 aromatic rings. The van der Waals surface area contributed by atoms with Crippen molar-refractivity contribution in [3.05, 3.63) is 41.7 Å². The molecule has 2 heterocycles. The van der Waals surface area contributed by atoms with Crippen LogP contribution in [0.15, 0.2) is 30.5 Å². The van der Waals surface area contributed by atoms with Gasteiger partial charge >= 0.3 is 0 Å². The standard InChI is InChI=1S/C15H20N4O/c1-11(2)16-7-13-9-19(18-17-13)8-12-10-20-15-6-4-3-5-14(12)15/h3-6,9,11-12,16H,7-8,10H2,1-2H3. The van der Waals surface area contributed by atoms with E-state index in [2.05, 4.69) is 41.6 Å². The molecule has 20 heavy (non-hydrogen) atoms. The third-order valence-electron chi connectivity index (χ3n) is 3.48. The van der Waals surface area contributed by atoms with Crippen LogP contribution in [-0.2, 0) is 13.1 Å². The van der Waals surface area contributed by atoms with Gasteiger partial charge in [-0.3, -0.25) is 4.68 Å². The van der Waals surface area contributed by atoms with Gasteiger partial charge in [0.1, 0.15) is 5.75 Å². The average Bonchev–Trinajstić information content (AvgIpc) is 3.05. The summed E-state index contributed by atoms with van der Waals surface area (Å²) >= 11 is 0. The van der Waals surface area contributed by atoms with Crippen LogP contribution < -0.4 is 10.1 Å². The van der Waals surface area contributed by atoms with Crippen LogP contribution in [0, 0.1) is 0 Å². The number of ether oxygens (including phenoxy) is 1. The summed E-state index contributed by atoms with van der Waals surface area (Å²) in [6, 6.07) is 8.67. The monoisotopic (exact) mass is 272 g/mol. The molecule has 1 aromatic heterocycles. The molecule has 0 aliphatic carbocycles. The minimum absolute atomic E-state index is 0.360. The molecule has 1 aliphatic heterocycles. The number of nitrogens with zero attached hydrogens (tertiary/aromatic N) is 3.